The van der Waals surface area contributed by atoms with Crippen molar-refractivity contribution in [2.45, 2.75) is 25.4 Å². The number of hydrogen-bond acceptors (Lipinski definition) is 4. The van der Waals surface area contributed by atoms with Crippen LogP contribution in [0.4, 0.5) is 11.5 Å². The van der Waals surface area contributed by atoms with E-state index in [1.54, 1.807) is 0 Å². The van der Waals surface area contributed by atoms with Gasteiger partial charge in [-0.15, -0.1) is 0 Å². The molecule has 0 amide bonds. The maximum Gasteiger partial charge on any atom is 0.132 e. The van der Waals surface area contributed by atoms with Crippen LogP contribution < -0.4 is 10.6 Å². The van der Waals surface area contributed by atoms with Crippen LogP contribution >= 0.6 is 0 Å². The van der Waals surface area contributed by atoms with Crippen LogP contribution in [0.1, 0.15) is 18.4 Å². The van der Waals surface area contributed by atoms with Crippen molar-refractivity contribution in [3.8, 4) is 0 Å². The Hall–Kier alpha value is -1.91. The average molecular weight is 322 g/mol. The van der Waals surface area contributed by atoms with Gasteiger partial charge in [0.2, 0.25) is 0 Å². The number of para-hydroxylation sites is 1. The van der Waals surface area contributed by atoms with E-state index >= 15 is 0 Å². The van der Waals surface area contributed by atoms with Crippen LogP contribution in [0.15, 0.2) is 48.7 Å². The molecular weight excluding hydrogens is 296 g/mol. The van der Waals surface area contributed by atoms with Gasteiger partial charge >= 0.3 is 0 Å². The molecule has 1 saturated carbocycles. The second-order valence-electron chi connectivity index (χ2n) is 7.28. The Morgan fingerprint density at radius 3 is 2.67 bits per heavy atom. The molecule has 2 N–H and O–H groups in total. The molecule has 1 aromatic heterocycles. The third-order valence-electron chi connectivity index (χ3n) is 5.69. The van der Waals surface area contributed by atoms with Crippen molar-refractivity contribution in [1.82, 2.24) is 9.88 Å². The van der Waals surface area contributed by atoms with Crippen LogP contribution in [0.2, 0.25) is 0 Å². The van der Waals surface area contributed by atoms with Crippen molar-refractivity contribution in [3.63, 3.8) is 0 Å². The molecule has 2 aromatic rings. The second-order valence-corrected chi connectivity index (χ2v) is 7.28. The van der Waals surface area contributed by atoms with Crippen LogP contribution in [-0.4, -0.2) is 36.1 Å². The fraction of sp³-hybridized carbons (Fsp3) is 0.450. The van der Waals surface area contributed by atoms with Gasteiger partial charge in [0.1, 0.15) is 5.82 Å². The maximum atomic E-state index is 6.24. The highest BCUT2D eigenvalue weighted by molar-refractivity contribution is 5.58. The smallest absolute Gasteiger partial charge is 0.132 e. The summed E-state index contributed by atoms with van der Waals surface area (Å²) in [5, 5.41) is 0. The molecule has 0 bridgehead atoms. The van der Waals surface area contributed by atoms with Gasteiger partial charge in [-0.05, 0) is 48.4 Å². The van der Waals surface area contributed by atoms with E-state index in [0.29, 0.717) is 12.0 Å². The van der Waals surface area contributed by atoms with E-state index in [4.69, 9.17) is 5.73 Å². The van der Waals surface area contributed by atoms with Gasteiger partial charge in [0.05, 0.1) is 0 Å². The monoisotopic (exact) mass is 322 g/mol. The molecule has 4 rings (SSSR count). The Morgan fingerprint density at radius 1 is 1.12 bits per heavy atom. The zero-order valence-electron chi connectivity index (χ0n) is 14.3. The Labute approximate surface area is 144 Å². The molecule has 1 aliphatic heterocycles. The van der Waals surface area contributed by atoms with Gasteiger partial charge in [0.25, 0.3) is 0 Å². The SMILES string of the molecule is CN(c1ccccc1)c1ccc(CN2CC3CCC(N)C3C2)cn1. The molecule has 0 spiro atoms. The molecule has 3 unspecified atom stereocenters. The predicted octanol–water partition coefficient (Wildman–Crippen LogP) is 3.02. The summed E-state index contributed by atoms with van der Waals surface area (Å²) in [4.78, 5) is 9.32. The van der Waals surface area contributed by atoms with Crippen LogP contribution in [-0.2, 0) is 6.54 Å². The van der Waals surface area contributed by atoms with Crippen LogP contribution in [0, 0.1) is 11.8 Å². The summed E-state index contributed by atoms with van der Waals surface area (Å²) in [5.41, 5.74) is 8.68. The molecular formula is C20H26N4. The highest BCUT2D eigenvalue weighted by Crippen LogP contribution is 2.37. The van der Waals surface area contributed by atoms with E-state index in [9.17, 15) is 0 Å². The summed E-state index contributed by atoms with van der Waals surface area (Å²) in [6, 6.07) is 15.1. The Balaban J connectivity index is 1.40. The number of nitrogens with two attached hydrogens (primary N) is 1. The normalized spacial score (nSPS) is 26.5. The summed E-state index contributed by atoms with van der Waals surface area (Å²) in [7, 11) is 2.06. The first-order valence-corrected chi connectivity index (χ1v) is 8.92. The van der Waals surface area contributed by atoms with Crippen LogP contribution in [0.3, 0.4) is 0 Å². The van der Waals surface area contributed by atoms with Gasteiger partial charge in [-0.25, -0.2) is 4.98 Å². The third kappa shape index (κ3) is 3.04. The number of pyridine rings is 1. The van der Waals surface area contributed by atoms with Gasteiger partial charge in [0, 0.05) is 44.6 Å². The number of fused-ring (bicyclic) bond motifs is 1. The standard InChI is InChI=1S/C20H26N4/c1-23(17-5-3-2-4-6-17)20-10-7-15(11-22-20)12-24-13-16-8-9-19(21)18(16)14-24/h2-7,10-11,16,18-19H,8-9,12-14,21H2,1H3. The molecule has 2 heterocycles. The zero-order valence-corrected chi connectivity index (χ0v) is 14.3. The summed E-state index contributed by atoms with van der Waals surface area (Å²) in [6.45, 7) is 3.34. The minimum atomic E-state index is 0.417. The predicted molar refractivity (Wildman–Crippen MR) is 98.2 cm³/mol. The average Bonchev–Trinajstić information content (AvgIpc) is 3.17. The van der Waals surface area contributed by atoms with E-state index in [0.717, 1.165) is 30.5 Å². The number of nitrogens with zero attached hydrogens (tertiary/aromatic N) is 3. The summed E-state index contributed by atoms with van der Waals surface area (Å²) >= 11 is 0. The number of hydrogen-bond donors (Lipinski definition) is 1. The van der Waals surface area contributed by atoms with Crippen molar-refractivity contribution in [1.29, 1.82) is 0 Å². The Bertz CT molecular complexity index is 670. The number of aromatic nitrogens is 1. The second kappa shape index (κ2) is 6.54. The highest BCUT2D eigenvalue weighted by Gasteiger charge is 2.40. The van der Waals surface area contributed by atoms with Gasteiger partial charge in [-0.3, -0.25) is 4.90 Å². The molecule has 3 atom stereocenters. The highest BCUT2D eigenvalue weighted by atomic mass is 15.2. The summed E-state index contributed by atoms with van der Waals surface area (Å²) in [6.07, 6.45) is 4.54. The Kier molecular flexibility index (Phi) is 4.25. The van der Waals surface area contributed by atoms with Gasteiger partial charge in [0.15, 0.2) is 0 Å². The third-order valence-corrected chi connectivity index (χ3v) is 5.69. The van der Waals surface area contributed by atoms with Crippen molar-refractivity contribution in [2.24, 2.45) is 17.6 Å². The van der Waals surface area contributed by atoms with Crippen molar-refractivity contribution in [3.05, 3.63) is 54.2 Å². The fourth-order valence-electron chi connectivity index (χ4n) is 4.28. The van der Waals surface area contributed by atoms with Crippen molar-refractivity contribution in [2.75, 3.05) is 25.0 Å². The fourth-order valence-corrected chi connectivity index (χ4v) is 4.28. The van der Waals surface area contributed by atoms with Crippen molar-refractivity contribution < 1.29 is 0 Å². The van der Waals surface area contributed by atoms with Gasteiger partial charge in [-0.1, -0.05) is 24.3 Å². The van der Waals surface area contributed by atoms with E-state index in [1.807, 2.05) is 12.3 Å². The number of likely N-dealkylation sites (tertiary alicyclic amines) is 1. The van der Waals surface area contributed by atoms with Crippen LogP contribution in [0.25, 0.3) is 0 Å². The Morgan fingerprint density at radius 2 is 1.96 bits per heavy atom. The number of anilines is 2. The molecule has 2 aliphatic rings. The molecule has 4 nitrogen and oxygen atoms in total. The van der Waals surface area contributed by atoms with Gasteiger partial charge in [-0.2, -0.15) is 0 Å². The van der Waals surface area contributed by atoms with Crippen LogP contribution in [0.5, 0.6) is 0 Å². The quantitative estimate of drug-likeness (QED) is 0.940. The lowest BCUT2D eigenvalue weighted by Crippen LogP contribution is -2.30. The van der Waals surface area contributed by atoms with Gasteiger partial charge < -0.3 is 10.6 Å². The maximum absolute atomic E-state index is 6.24. The molecule has 0 radical (unpaired) electrons. The first kappa shape index (κ1) is 15.6. The molecule has 1 aromatic carbocycles. The first-order chi connectivity index (χ1) is 11.7. The topological polar surface area (TPSA) is 45.4 Å². The molecule has 4 heteroatoms. The number of rotatable bonds is 4. The lowest BCUT2D eigenvalue weighted by atomic mass is 9.98. The first-order valence-electron chi connectivity index (χ1n) is 8.92. The lowest BCUT2D eigenvalue weighted by Gasteiger charge is -2.20. The summed E-state index contributed by atoms with van der Waals surface area (Å²) < 4.78 is 0. The van der Waals surface area contributed by atoms with Crippen molar-refractivity contribution >= 4 is 11.5 Å². The molecule has 2 fully saturated rings. The van der Waals surface area contributed by atoms with E-state index in [1.165, 1.54) is 24.9 Å². The number of benzene rings is 1. The minimum absolute atomic E-state index is 0.417. The zero-order chi connectivity index (χ0) is 16.5. The summed E-state index contributed by atoms with van der Waals surface area (Å²) in [5.74, 6) is 2.50. The largest absolute Gasteiger partial charge is 0.329 e. The lowest BCUT2D eigenvalue weighted by molar-refractivity contribution is 0.298. The molecule has 126 valence electrons. The van der Waals surface area contributed by atoms with E-state index in [-0.39, 0.29) is 0 Å². The molecule has 1 aliphatic carbocycles. The molecule has 24 heavy (non-hydrogen) atoms. The van der Waals surface area contributed by atoms with E-state index < -0.39 is 0 Å². The molecule has 1 saturated heterocycles. The minimum Gasteiger partial charge on any atom is -0.329 e. The van der Waals surface area contributed by atoms with E-state index in [2.05, 4.69) is 58.2 Å².